The van der Waals surface area contributed by atoms with E-state index in [4.69, 9.17) is 5.11 Å². The molecule has 0 spiro atoms. The van der Waals surface area contributed by atoms with E-state index < -0.39 is 0 Å². The molecular formula is C10H22N2O. The summed E-state index contributed by atoms with van der Waals surface area (Å²) in [7, 11) is 2.19. The number of nitrogens with one attached hydrogen (secondary N) is 1. The quantitative estimate of drug-likeness (QED) is 0.669. The van der Waals surface area contributed by atoms with E-state index >= 15 is 0 Å². The van der Waals surface area contributed by atoms with Crippen LogP contribution in [-0.2, 0) is 0 Å². The zero-order valence-corrected chi connectivity index (χ0v) is 8.79. The number of likely N-dealkylation sites (N-methyl/N-ethyl adjacent to an activating group) is 1. The number of aliphatic hydroxyl groups excluding tert-OH is 1. The van der Waals surface area contributed by atoms with E-state index in [0.717, 1.165) is 6.54 Å². The molecule has 0 aliphatic carbocycles. The minimum Gasteiger partial charge on any atom is -0.395 e. The highest BCUT2D eigenvalue weighted by Crippen LogP contribution is 2.13. The summed E-state index contributed by atoms with van der Waals surface area (Å²) < 4.78 is 0. The molecule has 1 saturated heterocycles. The molecule has 2 atom stereocenters. The van der Waals surface area contributed by atoms with Crippen molar-refractivity contribution in [2.24, 2.45) is 0 Å². The van der Waals surface area contributed by atoms with Gasteiger partial charge >= 0.3 is 0 Å². The van der Waals surface area contributed by atoms with Crippen molar-refractivity contribution in [2.75, 3.05) is 26.7 Å². The molecule has 13 heavy (non-hydrogen) atoms. The Bertz CT molecular complexity index is 141. The van der Waals surface area contributed by atoms with Crippen LogP contribution in [0.25, 0.3) is 0 Å². The van der Waals surface area contributed by atoms with Crippen LogP contribution in [0.15, 0.2) is 0 Å². The highest BCUT2D eigenvalue weighted by molar-refractivity contribution is 4.77. The van der Waals surface area contributed by atoms with Gasteiger partial charge in [-0.3, -0.25) is 0 Å². The first kappa shape index (κ1) is 11.0. The molecule has 0 saturated carbocycles. The van der Waals surface area contributed by atoms with Crippen LogP contribution >= 0.6 is 0 Å². The molecule has 1 aliphatic heterocycles. The Morgan fingerprint density at radius 2 is 2.31 bits per heavy atom. The standard InChI is InChI=1S/C10H22N2O/c1-9(8-13)11-7-10-5-3-4-6-12(10)2/h9-11,13H,3-8H2,1-2H3/t9-,10?/m1/s1. The number of rotatable bonds is 4. The first-order valence-electron chi connectivity index (χ1n) is 5.28. The zero-order valence-electron chi connectivity index (χ0n) is 8.79. The van der Waals surface area contributed by atoms with Crippen molar-refractivity contribution in [3.8, 4) is 0 Å². The van der Waals surface area contributed by atoms with E-state index in [1.165, 1.54) is 25.8 Å². The van der Waals surface area contributed by atoms with Gasteiger partial charge in [0.05, 0.1) is 6.61 Å². The van der Waals surface area contributed by atoms with Crippen molar-refractivity contribution >= 4 is 0 Å². The molecule has 3 nitrogen and oxygen atoms in total. The molecule has 2 N–H and O–H groups in total. The predicted octanol–water partition coefficient (Wildman–Crippen LogP) is 0.441. The lowest BCUT2D eigenvalue weighted by molar-refractivity contribution is 0.170. The van der Waals surface area contributed by atoms with Crippen molar-refractivity contribution in [1.29, 1.82) is 0 Å². The summed E-state index contributed by atoms with van der Waals surface area (Å²) >= 11 is 0. The Balaban J connectivity index is 2.18. The van der Waals surface area contributed by atoms with Crippen molar-refractivity contribution in [3.63, 3.8) is 0 Å². The second-order valence-electron chi connectivity index (χ2n) is 4.12. The summed E-state index contributed by atoms with van der Waals surface area (Å²) in [6.45, 7) is 4.48. The maximum Gasteiger partial charge on any atom is 0.0581 e. The van der Waals surface area contributed by atoms with Crippen LogP contribution in [-0.4, -0.2) is 48.8 Å². The minimum absolute atomic E-state index is 0.232. The number of hydrogen-bond acceptors (Lipinski definition) is 3. The van der Waals surface area contributed by atoms with Gasteiger partial charge in [-0.15, -0.1) is 0 Å². The Hall–Kier alpha value is -0.120. The summed E-state index contributed by atoms with van der Waals surface area (Å²) in [5.74, 6) is 0. The van der Waals surface area contributed by atoms with Gasteiger partial charge in [-0.05, 0) is 33.4 Å². The first-order valence-corrected chi connectivity index (χ1v) is 5.28. The van der Waals surface area contributed by atoms with Gasteiger partial charge in [-0.1, -0.05) is 6.42 Å². The molecule has 1 unspecified atom stereocenters. The SMILES string of the molecule is C[C@H](CO)NCC1CCCCN1C. The van der Waals surface area contributed by atoms with Crippen molar-refractivity contribution in [2.45, 2.75) is 38.3 Å². The van der Waals surface area contributed by atoms with E-state index in [1.54, 1.807) is 0 Å². The second kappa shape index (κ2) is 5.58. The maximum atomic E-state index is 8.85. The Morgan fingerprint density at radius 1 is 1.54 bits per heavy atom. The fourth-order valence-electron chi connectivity index (χ4n) is 1.80. The average Bonchev–Trinajstić information content (AvgIpc) is 2.16. The third kappa shape index (κ3) is 3.63. The number of likely N-dealkylation sites (tertiary alicyclic amines) is 1. The van der Waals surface area contributed by atoms with Gasteiger partial charge in [0.1, 0.15) is 0 Å². The normalized spacial score (nSPS) is 27.5. The highest BCUT2D eigenvalue weighted by Gasteiger charge is 2.18. The van der Waals surface area contributed by atoms with Gasteiger partial charge in [0.25, 0.3) is 0 Å². The third-order valence-corrected chi connectivity index (χ3v) is 2.90. The van der Waals surface area contributed by atoms with Crippen LogP contribution in [0.4, 0.5) is 0 Å². The molecule has 0 amide bonds. The molecule has 1 heterocycles. The summed E-state index contributed by atoms with van der Waals surface area (Å²) in [5, 5.41) is 12.2. The molecule has 0 bridgehead atoms. The van der Waals surface area contributed by atoms with Gasteiger partial charge in [-0.2, -0.15) is 0 Å². The highest BCUT2D eigenvalue weighted by atomic mass is 16.3. The summed E-state index contributed by atoms with van der Waals surface area (Å²) in [5.41, 5.74) is 0. The lowest BCUT2D eigenvalue weighted by Crippen LogP contribution is -2.45. The number of hydrogen-bond donors (Lipinski definition) is 2. The number of piperidine rings is 1. The molecule has 0 aromatic heterocycles. The van der Waals surface area contributed by atoms with Crippen LogP contribution in [0.2, 0.25) is 0 Å². The summed E-state index contributed by atoms with van der Waals surface area (Å²) in [4.78, 5) is 2.42. The fourth-order valence-corrected chi connectivity index (χ4v) is 1.80. The number of nitrogens with zero attached hydrogens (tertiary/aromatic N) is 1. The molecule has 0 aromatic rings. The van der Waals surface area contributed by atoms with Crippen molar-refractivity contribution < 1.29 is 5.11 Å². The van der Waals surface area contributed by atoms with Gasteiger partial charge < -0.3 is 15.3 Å². The molecule has 0 aromatic carbocycles. The van der Waals surface area contributed by atoms with Gasteiger partial charge in [0, 0.05) is 18.6 Å². The van der Waals surface area contributed by atoms with E-state index in [9.17, 15) is 0 Å². The average molecular weight is 186 g/mol. The van der Waals surface area contributed by atoms with Crippen LogP contribution in [0.3, 0.4) is 0 Å². The van der Waals surface area contributed by atoms with E-state index in [-0.39, 0.29) is 12.6 Å². The molecule has 3 heteroatoms. The molecular weight excluding hydrogens is 164 g/mol. The smallest absolute Gasteiger partial charge is 0.0581 e. The van der Waals surface area contributed by atoms with Gasteiger partial charge in [0.15, 0.2) is 0 Å². The second-order valence-corrected chi connectivity index (χ2v) is 4.12. The molecule has 78 valence electrons. The first-order chi connectivity index (χ1) is 6.24. The topological polar surface area (TPSA) is 35.5 Å². The summed E-state index contributed by atoms with van der Waals surface area (Å²) in [6.07, 6.45) is 3.98. The van der Waals surface area contributed by atoms with E-state index in [0.29, 0.717) is 6.04 Å². The molecule has 1 rings (SSSR count). The molecule has 1 fully saturated rings. The van der Waals surface area contributed by atoms with Crippen molar-refractivity contribution in [1.82, 2.24) is 10.2 Å². The maximum absolute atomic E-state index is 8.85. The number of aliphatic hydroxyl groups is 1. The predicted molar refractivity (Wildman–Crippen MR) is 54.8 cm³/mol. The zero-order chi connectivity index (χ0) is 9.68. The van der Waals surface area contributed by atoms with Gasteiger partial charge in [0.2, 0.25) is 0 Å². The van der Waals surface area contributed by atoms with E-state index in [2.05, 4.69) is 17.3 Å². The molecule has 1 aliphatic rings. The monoisotopic (exact) mass is 186 g/mol. The van der Waals surface area contributed by atoms with Gasteiger partial charge in [-0.25, -0.2) is 0 Å². The Kier molecular flexibility index (Phi) is 4.70. The van der Waals surface area contributed by atoms with E-state index in [1.807, 2.05) is 6.92 Å². The lowest BCUT2D eigenvalue weighted by Gasteiger charge is -2.33. The Morgan fingerprint density at radius 3 is 2.92 bits per heavy atom. The summed E-state index contributed by atoms with van der Waals surface area (Å²) in [6, 6.07) is 0.901. The lowest BCUT2D eigenvalue weighted by atomic mass is 10.0. The minimum atomic E-state index is 0.232. The largest absolute Gasteiger partial charge is 0.395 e. The fraction of sp³-hybridized carbons (Fsp3) is 1.00. The Labute approximate surface area is 81.1 Å². The van der Waals surface area contributed by atoms with Crippen LogP contribution < -0.4 is 5.32 Å². The molecule has 0 radical (unpaired) electrons. The van der Waals surface area contributed by atoms with Crippen LogP contribution in [0, 0.1) is 0 Å². The van der Waals surface area contributed by atoms with Crippen LogP contribution in [0.1, 0.15) is 26.2 Å². The third-order valence-electron chi connectivity index (χ3n) is 2.90. The van der Waals surface area contributed by atoms with Crippen LogP contribution in [0.5, 0.6) is 0 Å². The van der Waals surface area contributed by atoms with Crippen molar-refractivity contribution in [3.05, 3.63) is 0 Å².